The van der Waals surface area contributed by atoms with Crippen LogP contribution in [0.1, 0.15) is 28.8 Å². The van der Waals surface area contributed by atoms with E-state index in [4.69, 9.17) is 20.0 Å². The number of hydrogen-bond acceptors (Lipinski definition) is 6. The van der Waals surface area contributed by atoms with Gasteiger partial charge in [-0.1, -0.05) is 12.2 Å². The van der Waals surface area contributed by atoms with Gasteiger partial charge in [-0.2, -0.15) is 0 Å². The van der Waals surface area contributed by atoms with Crippen molar-refractivity contribution in [2.45, 2.75) is 12.8 Å². The van der Waals surface area contributed by atoms with Crippen molar-refractivity contribution in [3.63, 3.8) is 0 Å². The van der Waals surface area contributed by atoms with Crippen LogP contribution in [0.5, 0.6) is 11.5 Å². The lowest BCUT2D eigenvalue weighted by Crippen LogP contribution is -2.23. The number of aromatic carboxylic acids is 1. The Labute approximate surface area is 195 Å². The quantitative estimate of drug-likeness (QED) is 0.451. The first kappa shape index (κ1) is 24.2. The molecule has 0 atom stereocenters. The van der Waals surface area contributed by atoms with Crippen LogP contribution in [0.3, 0.4) is 0 Å². The van der Waals surface area contributed by atoms with E-state index in [2.05, 4.69) is 10.6 Å². The number of hydrogen-bond donors (Lipinski definition) is 4. The number of anilines is 1. The highest BCUT2D eigenvalue weighted by Gasteiger charge is 2.15. The average molecular weight is 465 g/mol. The van der Waals surface area contributed by atoms with Gasteiger partial charge in [0.15, 0.2) is 11.5 Å². The lowest BCUT2D eigenvalue weighted by Gasteiger charge is -2.17. The highest BCUT2D eigenvalue weighted by Crippen LogP contribution is 2.30. The third-order valence-corrected chi connectivity index (χ3v) is 4.99. The standard InChI is InChI=1S/C25H24FN3O5/c1-33-22-11-8-15(12-23(22)34-2)21-7-5-3-4-6-16(28-21)14-20(27)24(30)29-17-9-10-18(25(31)32)19(26)13-17/h3,5,7-14,27-28H,4,6H2,1-2H3,(H,29,30)(H,31,32)/b5-3-,16-14-,21-7-,27-20?. The van der Waals surface area contributed by atoms with Crippen molar-refractivity contribution < 1.29 is 28.6 Å². The van der Waals surface area contributed by atoms with Crippen LogP contribution in [0.15, 0.2) is 66.4 Å². The van der Waals surface area contributed by atoms with E-state index in [1.54, 1.807) is 20.3 Å². The number of methoxy groups -OCH3 is 2. The second-order valence-electron chi connectivity index (χ2n) is 7.28. The molecule has 0 bridgehead atoms. The van der Waals surface area contributed by atoms with Crippen LogP contribution in [0.2, 0.25) is 0 Å². The first-order valence-electron chi connectivity index (χ1n) is 10.3. The summed E-state index contributed by atoms with van der Waals surface area (Å²) in [4.78, 5) is 23.4. The number of amides is 1. The number of carbonyl (C=O) groups excluding carboxylic acids is 1. The lowest BCUT2D eigenvalue weighted by atomic mass is 10.1. The third-order valence-electron chi connectivity index (χ3n) is 4.99. The Balaban J connectivity index is 1.78. The molecule has 9 heteroatoms. The summed E-state index contributed by atoms with van der Waals surface area (Å²) >= 11 is 0. The molecule has 34 heavy (non-hydrogen) atoms. The number of nitrogens with one attached hydrogen (secondary N) is 3. The van der Waals surface area contributed by atoms with Gasteiger partial charge in [-0.3, -0.25) is 10.2 Å². The van der Waals surface area contributed by atoms with Gasteiger partial charge in [-0.15, -0.1) is 0 Å². The summed E-state index contributed by atoms with van der Waals surface area (Å²) in [6, 6.07) is 8.68. The molecule has 2 aromatic rings. The van der Waals surface area contributed by atoms with E-state index in [-0.39, 0.29) is 11.4 Å². The number of benzene rings is 2. The molecule has 1 heterocycles. The molecule has 0 saturated carbocycles. The van der Waals surface area contributed by atoms with E-state index in [1.165, 1.54) is 12.1 Å². The molecular weight excluding hydrogens is 441 g/mol. The monoisotopic (exact) mass is 465 g/mol. The fourth-order valence-electron chi connectivity index (χ4n) is 3.26. The molecule has 0 saturated heterocycles. The summed E-state index contributed by atoms with van der Waals surface area (Å²) in [5, 5.41) is 22.8. The van der Waals surface area contributed by atoms with Crippen molar-refractivity contribution in [2.75, 3.05) is 19.5 Å². The number of rotatable bonds is 7. The number of carboxylic acid groups (broad SMARTS) is 1. The van der Waals surface area contributed by atoms with Crippen LogP contribution in [0.25, 0.3) is 5.70 Å². The molecule has 8 nitrogen and oxygen atoms in total. The zero-order valence-electron chi connectivity index (χ0n) is 18.6. The van der Waals surface area contributed by atoms with Gasteiger partial charge in [0.2, 0.25) is 0 Å². The summed E-state index contributed by atoms with van der Waals surface area (Å²) in [7, 11) is 3.10. The number of ether oxygens (including phenoxy) is 2. The molecule has 1 aliphatic rings. The molecule has 0 unspecified atom stereocenters. The molecule has 4 N–H and O–H groups in total. The maximum Gasteiger partial charge on any atom is 0.338 e. The van der Waals surface area contributed by atoms with E-state index in [0.717, 1.165) is 23.4 Å². The van der Waals surface area contributed by atoms with E-state index in [9.17, 15) is 14.0 Å². The minimum absolute atomic E-state index is 0.0510. The van der Waals surface area contributed by atoms with Crippen LogP contribution >= 0.6 is 0 Å². The van der Waals surface area contributed by atoms with Crippen molar-refractivity contribution >= 4 is 29.0 Å². The summed E-state index contributed by atoms with van der Waals surface area (Å²) in [5.74, 6) is -1.99. The first-order chi connectivity index (χ1) is 16.3. The number of allylic oxidation sites excluding steroid dienone is 4. The van der Waals surface area contributed by atoms with Crippen molar-refractivity contribution in [2.24, 2.45) is 0 Å². The molecule has 0 aliphatic carbocycles. The van der Waals surface area contributed by atoms with Gasteiger partial charge in [0, 0.05) is 22.6 Å². The predicted molar refractivity (Wildman–Crippen MR) is 127 cm³/mol. The topological polar surface area (TPSA) is 121 Å². The van der Waals surface area contributed by atoms with Gasteiger partial charge in [0.05, 0.1) is 19.8 Å². The number of carboxylic acids is 1. The Kier molecular flexibility index (Phi) is 7.81. The first-order valence-corrected chi connectivity index (χ1v) is 10.3. The molecule has 0 aromatic heterocycles. The van der Waals surface area contributed by atoms with Gasteiger partial charge < -0.3 is 25.2 Å². The second-order valence-corrected chi connectivity index (χ2v) is 7.28. The number of halogens is 1. The van der Waals surface area contributed by atoms with Gasteiger partial charge in [0.1, 0.15) is 11.5 Å². The highest BCUT2D eigenvalue weighted by atomic mass is 19.1. The maximum absolute atomic E-state index is 13.9. The SMILES string of the molecule is COc1ccc(/C2=C/C=C\CC/C(=C/C(=N)C(=O)Nc3ccc(C(=O)O)c(F)c3)N2)cc1OC. The largest absolute Gasteiger partial charge is 0.493 e. The zero-order valence-corrected chi connectivity index (χ0v) is 18.6. The van der Waals surface area contributed by atoms with Gasteiger partial charge in [-0.05, 0) is 61.4 Å². The highest BCUT2D eigenvalue weighted by molar-refractivity contribution is 6.46. The van der Waals surface area contributed by atoms with Crippen molar-refractivity contribution in [1.29, 1.82) is 5.41 Å². The van der Waals surface area contributed by atoms with Gasteiger partial charge in [0.25, 0.3) is 5.91 Å². The van der Waals surface area contributed by atoms with E-state index < -0.39 is 23.3 Å². The van der Waals surface area contributed by atoms with Crippen LogP contribution in [0, 0.1) is 11.2 Å². The Morgan fingerprint density at radius 3 is 2.59 bits per heavy atom. The van der Waals surface area contributed by atoms with Crippen LogP contribution in [-0.2, 0) is 4.79 Å². The summed E-state index contributed by atoms with van der Waals surface area (Å²) in [6.45, 7) is 0. The second kappa shape index (κ2) is 11.0. The Morgan fingerprint density at radius 2 is 1.91 bits per heavy atom. The Morgan fingerprint density at radius 1 is 1.15 bits per heavy atom. The molecule has 0 fully saturated rings. The van der Waals surface area contributed by atoms with Gasteiger partial charge in [-0.25, -0.2) is 9.18 Å². The lowest BCUT2D eigenvalue weighted by molar-refractivity contribution is -0.110. The summed E-state index contributed by atoms with van der Waals surface area (Å²) in [5.41, 5.74) is 1.40. The normalized spacial score (nSPS) is 16.8. The van der Waals surface area contributed by atoms with Crippen LogP contribution < -0.4 is 20.1 Å². The van der Waals surface area contributed by atoms with Crippen molar-refractivity contribution in [3.05, 3.63) is 83.3 Å². The smallest absolute Gasteiger partial charge is 0.338 e. The molecular formula is C25H24FN3O5. The maximum atomic E-state index is 13.9. The Bertz CT molecular complexity index is 1220. The average Bonchev–Trinajstić information content (AvgIpc) is 2.79. The molecule has 0 spiro atoms. The fraction of sp³-hybridized carbons (Fsp3) is 0.160. The molecule has 1 amide bonds. The summed E-state index contributed by atoms with van der Waals surface area (Å²) in [6.07, 6.45) is 8.44. The van der Waals surface area contributed by atoms with Gasteiger partial charge >= 0.3 is 5.97 Å². The Hall–Kier alpha value is -4.40. The third kappa shape index (κ3) is 5.89. The minimum Gasteiger partial charge on any atom is -0.493 e. The molecule has 2 aromatic carbocycles. The molecule has 0 radical (unpaired) electrons. The fourth-order valence-corrected chi connectivity index (χ4v) is 3.26. The minimum atomic E-state index is -1.41. The molecule has 1 aliphatic heterocycles. The van der Waals surface area contributed by atoms with Crippen LogP contribution in [-0.4, -0.2) is 36.9 Å². The van der Waals surface area contributed by atoms with Crippen molar-refractivity contribution in [1.82, 2.24) is 5.32 Å². The van der Waals surface area contributed by atoms with Crippen LogP contribution in [0.4, 0.5) is 10.1 Å². The molecule has 3 rings (SSSR count). The van der Waals surface area contributed by atoms with E-state index >= 15 is 0 Å². The zero-order chi connectivity index (χ0) is 24.7. The van der Waals surface area contributed by atoms with Crippen molar-refractivity contribution in [3.8, 4) is 11.5 Å². The van der Waals surface area contributed by atoms with E-state index in [0.29, 0.717) is 30.0 Å². The summed E-state index contributed by atoms with van der Waals surface area (Å²) < 4.78 is 24.5. The predicted octanol–water partition coefficient (Wildman–Crippen LogP) is 4.36. The van der Waals surface area contributed by atoms with E-state index in [1.807, 2.05) is 30.4 Å². The molecule has 176 valence electrons. The number of carbonyl (C=O) groups is 2.